The minimum Gasteiger partial charge on any atom is -0.370 e. The maximum Gasteiger partial charge on any atom is 0.243 e. The predicted molar refractivity (Wildman–Crippen MR) is 227 cm³/mol. The quantitative estimate of drug-likeness (QED) is 0.0389. The molecule has 2 aromatic rings. The molecule has 3 amide bonds. The van der Waals surface area contributed by atoms with Crippen LogP contribution in [0.4, 0.5) is 0 Å². The summed E-state index contributed by atoms with van der Waals surface area (Å²) in [6.45, 7) is 20.3. The van der Waals surface area contributed by atoms with Crippen molar-refractivity contribution in [3.63, 3.8) is 0 Å². The van der Waals surface area contributed by atoms with Crippen LogP contribution in [0.1, 0.15) is 136 Å². The first-order chi connectivity index (χ1) is 26.0. The first-order valence-electron chi connectivity index (χ1n) is 19.9. The van der Waals surface area contributed by atoms with Crippen molar-refractivity contribution in [2.75, 3.05) is 19.6 Å². The van der Waals surface area contributed by atoms with Crippen molar-refractivity contribution in [2.45, 2.75) is 154 Å². The number of nitrogens with two attached hydrogens (primary N) is 5. The highest BCUT2D eigenvalue weighted by Crippen LogP contribution is 2.40. The molecule has 0 aliphatic heterocycles. The van der Waals surface area contributed by atoms with Crippen molar-refractivity contribution in [1.29, 1.82) is 0 Å². The molecule has 0 fully saturated rings. The Morgan fingerprint density at radius 2 is 1.32 bits per heavy atom. The monoisotopic (exact) mass is 782 g/mol. The van der Waals surface area contributed by atoms with Gasteiger partial charge >= 0.3 is 0 Å². The number of hydrogen-bond donors (Lipinski definition) is 9. The maximum absolute atomic E-state index is 14.5. The molecular weight excluding hydrogens is 711 g/mol. The second-order valence-corrected chi connectivity index (χ2v) is 17.8. The summed E-state index contributed by atoms with van der Waals surface area (Å²) in [5.74, 6) is -1.53. The van der Waals surface area contributed by atoms with Gasteiger partial charge in [-0.15, -0.1) is 0 Å². The lowest BCUT2D eigenvalue weighted by molar-refractivity contribution is -0.132. The Balaban J connectivity index is 2.66. The van der Waals surface area contributed by atoms with E-state index in [-0.39, 0.29) is 59.9 Å². The molecule has 15 heteroatoms. The molecule has 0 spiro atoms. The number of rotatable bonds is 21. The predicted octanol–water partition coefficient (Wildman–Crippen LogP) is 2.88. The molecule has 1 aromatic heterocycles. The first kappa shape index (κ1) is 47.5. The van der Waals surface area contributed by atoms with E-state index in [4.69, 9.17) is 28.7 Å². The Kier molecular flexibility index (Phi) is 17.8. The maximum atomic E-state index is 14.5. The Morgan fingerprint density at radius 1 is 0.732 bits per heavy atom. The number of unbranched alkanes of at least 4 members (excludes halogenated alkanes) is 3. The topological polar surface area (TPSA) is 275 Å². The van der Waals surface area contributed by atoms with Crippen LogP contribution in [-0.2, 0) is 41.8 Å². The molecule has 314 valence electrons. The number of fused-ring (bicyclic) bond motifs is 1. The summed E-state index contributed by atoms with van der Waals surface area (Å²) in [4.78, 5) is 64.3. The Hall–Kier alpha value is -4.66. The van der Waals surface area contributed by atoms with Crippen LogP contribution in [0.15, 0.2) is 22.1 Å². The normalized spacial score (nSPS) is 13.7. The van der Waals surface area contributed by atoms with Crippen molar-refractivity contribution < 1.29 is 19.2 Å². The molecule has 0 aliphatic carbocycles. The van der Waals surface area contributed by atoms with Crippen LogP contribution in [0.2, 0.25) is 0 Å². The number of amides is 3. The largest absolute Gasteiger partial charge is 0.370 e. The summed E-state index contributed by atoms with van der Waals surface area (Å²) in [6, 6.07) is 1.47. The molecule has 0 saturated carbocycles. The van der Waals surface area contributed by atoms with Crippen LogP contribution in [0.25, 0.3) is 10.9 Å². The van der Waals surface area contributed by atoms with Crippen molar-refractivity contribution in [1.82, 2.24) is 20.9 Å². The summed E-state index contributed by atoms with van der Waals surface area (Å²) < 4.78 is 0. The molecule has 0 aliphatic rings. The summed E-state index contributed by atoms with van der Waals surface area (Å²) >= 11 is 0. The van der Waals surface area contributed by atoms with E-state index in [1.54, 1.807) is 0 Å². The summed E-state index contributed by atoms with van der Waals surface area (Å²) in [6.07, 6.45) is 5.05. The number of aldehydes is 1. The molecule has 0 unspecified atom stereocenters. The fraction of sp³-hybridized carbons (Fsp3) is 0.659. The molecule has 3 atom stereocenters. The minimum atomic E-state index is -1.10. The lowest BCUT2D eigenvalue weighted by Gasteiger charge is -2.27. The number of aliphatic imine (C=N–C) groups is 2. The number of H-pyrrole nitrogens is 1. The van der Waals surface area contributed by atoms with E-state index in [0.29, 0.717) is 38.8 Å². The lowest BCUT2D eigenvalue weighted by Crippen LogP contribution is -2.56. The molecule has 2 rings (SSSR count). The fourth-order valence-electron chi connectivity index (χ4n) is 6.48. The third-order valence-electron chi connectivity index (χ3n) is 9.66. The van der Waals surface area contributed by atoms with Gasteiger partial charge in [0.15, 0.2) is 11.9 Å². The fourth-order valence-corrected chi connectivity index (χ4v) is 6.48. The van der Waals surface area contributed by atoms with E-state index < -0.39 is 29.9 Å². The van der Waals surface area contributed by atoms with Crippen LogP contribution in [0.5, 0.6) is 0 Å². The van der Waals surface area contributed by atoms with Gasteiger partial charge in [0.1, 0.15) is 18.4 Å². The molecule has 1 heterocycles. The number of nitrogens with zero attached hydrogens (tertiary/aromatic N) is 2. The number of nitrogens with one attached hydrogen (secondary N) is 4. The highest BCUT2D eigenvalue weighted by atomic mass is 16.2. The third-order valence-corrected chi connectivity index (χ3v) is 9.66. The Labute approximate surface area is 333 Å². The van der Waals surface area contributed by atoms with E-state index in [1.807, 2.05) is 0 Å². The average Bonchev–Trinajstić information content (AvgIpc) is 3.46. The zero-order valence-electron chi connectivity index (χ0n) is 35.4. The molecule has 56 heavy (non-hydrogen) atoms. The van der Waals surface area contributed by atoms with Gasteiger partial charge in [-0.05, 0) is 72.1 Å². The smallest absolute Gasteiger partial charge is 0.243 e. The zero-order valence-corrected chi connectivity index (χ0v) is 35.4. The minimum absolute atomic E-state index is 0.0489. The molecule has 0 saturated heterocycles. The van der Waals surface area contributed by atoms with Crippen molar-refractivity contribution in [3.8, 4) is 0 Å². The van der Waals surface area contributed by atoms with Gasteiger partial charge in [0.25, 0.3) is 0 Å². The summed E-state index contributed by atoms with van der Waals surface area (Å²) in [5.41, 5.74) is 32.7. The number of carbonyl (C=O) groups is 4. The Bertz CT molecular complexity index is 1690. The van der Waals surface area contributed by atoms with Crippen molar-refractivity contribution in [2.24, 2.45) is 38.7 Å². The average molecular weight is 782 g/mol. The van der Waals surface area contributed by atoms with Gasteiger partial charge in [-0.2, -0.15) is 0 Å². The van der Waals surface area contributed by atoms with Gasteiger partial charge in [-0.1, -0.05) is 74.8 Å². The van der Waals surface area contributed by atoms with Crippen LogP contribution >= 0.6 is 0 Å². The van der Waals surface area contributed by atoms with E-state index in [0.717, 1.165) is 52.4 Å². The van der Waals surface area contributed by atoms with E-state index >= 15 is 0 Å². The molecular formula is C41H71N11O4. The van der Waals surface area contributed by atoms with E-state index in [9.17, 15) is 19.2 Å². The SMILES string of the molecule is CC(C)(C)c1cc(C(C)(C)C)c2[nH]c(C(C)(C)C)c(C[C@H](NC(=O)[C@@H](N)CCCN=C(N)N)C(=O)N[C@@H](CCCN=C(N)N)C(=O)NCCCCCC=O)c2c1. The lowest BCUT2D eigenvalue weighted by atomic mass is 9.78. The van der Waals surface area contributed by atoms with Gasteiger partial charge in [-0.3, -0.25) is 24.4 Å². The van der Waals surface area contributed by atoms with E-state index in [1.165, 1.54) is 0 Å². The highest BCUT2D eigenvalue weighted by molar-refractivity contribution is 5.95. The number of hydrogen-bond acceptors (Lipinski definition) is 7. The molecule has 14 N–H and O–H groups in total. The highest BCUT2D eigenvalue weighted by Gasteiger charge is 2.33. The van der Waals surface area contributed by atoms with Crippen molar-refractivity contribution >= 4 is 46.8 Å². The summed E-state index contributed by atoms with van der Waals surface area (Å²) in [5, 5.41) is 9.79. The van der Waals surface area contributed by atoms with Crippen molar-refractivity contribution in [3.05, 3.63) is 34.5 Å². The van der Waals surface area contributed by atoms with E-state index in [2.05, 4.69) is 105 Å². The van der Waals surface area contributed by atoms with Gasteiger partial charge in [-0.25, -0.2) is 0 Å². The number of guanidine groups is 2. The first-order valence-corrected chi connectivity index (χ1v) is 19.9. The number of carbonyl (C=O) groups excluding carboxylic acids is 4. The van der Waals surface area contributed by atoms with Gasteiger partial charge in [0, 0.05) is 54.5 Å². The molecule has 1 aromatic carbocycles. The van der Waals surface area contributed by atoms with Crippen LogP contribution in [0, 0.1) is 0 Å². The van der Waals surface area contributed by atoms with Gasteiger partial charge in [0.05, 0.1) is 6.04 Å². The third kappa shape index (κ3) is 15.1. The van der Waals surface area contributed by atoms with Gasteiger partial charge in [0.2, 0.25) is 17.7 Å². The number of aromatic nitrogens is 1. The molecule has 15 nitrogen and oxygen atoms in total. The Morgan fingerprint density at radius 3 is 1.86 bits per heavy atom. The van der Waals surface area contributed by atoms with Gasteiger partial charge < -0.3 is 54.4 Å². The van der Waals surface area contributed by atoms with Crippen LogP contribution in [0.3, 0.4) is 0 Å². The second kappa shape index (κ2) is 21.0. The molecule has 0 bridgehead atoms. The molecule has 0 radical (unpaired) electrons. The summed E-state index contributed by atoms with van der Waals surface area (Å²) in [7, 11) is 0. The van der Waals surface area contributed by atoms with Crippen LogP contribution in [-0.4, -0.2) is 78.7 Å². The number of benzene rings is 1. The standard InChI is InChI=1S/C41H71N11O4/c1-39(2,3)25-22-26-27(33(41(7,8)9)52-32(26)28(23-25)40(4,5)6)24-31(51-34(54)29(42)16-14-19-48-37(43)44)36(56)50-30(17-15-20-49-38(45)46)35(55)47-18-12-10-11-13-21-53/h21-23,29-31,52H,10-20,24,42H2,1-9H3,(H,47,55)(H,50,56)(H,51,54)(H4,43,44,48)(H4,45,46,49)/t29-,30-,31-/m0/s1. The van der Waals surface area contributed by atoms with Crippen LogP contribution < -0.4 is 44.6 Å². The number of aromatic amines is 1. The zero-order chi connectivity index (χ0) is 42.4. The second-order valence-electron chi connectivity index (χ2n) is 17.8.